The fourth-order valence-corrected chi connectivity index (χ4v) is 1.68. The van der Waals surface area contributed by atoms with Crippen LogP contribution in [0.3, 0.4) is 0 Å². The van der Waals surface area contributed by atoms with Crippen LogP contribution in [0, 0.1) is 6.92 Å². The maximum Gasteiger partial charge on any atom is 0.255 e. The molecule has 0 saturated heterocycles. The van der Waals surface area contributed by atoms with Crippen LogP contribution in [0.4, 0.5) is 0 Å². The van der Waals surface area contributed by atoms with Crippen molar-refractivity contribution in [3.63, 3.8) is 0 Å². The molecule has 18 heavy (non-hydrogen) atoms. The van der Waals surface area contributed by atoms with E-state index in [1.54, 1.807) is 31.6 Å². The molecule has 0 unspecified atom stereocenters. The molecule has 1 heterocycles. The summed E-state index contributed by atoms with van der Waals surface area (Å²) in [6, 6.07) is 9.10. The molecule has 0 radical (unpaired) electrons. The van der Waals surface area contributed by atoms with Crippen LogP contribution in [0.5, 0.6) is 5.75 Å². The van der Waals surface area contributed by atoms with Gasteiger partial charge in [-0.25, -0.2) is 0 Å². The monoisotopic (exact) mass is 245 g/mol. The van der Waals surface area contributed by atoms with Crippen molar-refractivity contribution in [2.75, 3.05) is 7.11 Å². The molecule has 4 nitrogen and oxygen atoms in total. The van der Waals surface area contributed by atoms with E-state index in [4.69, 9.17) is 9.15 Å². The number of carbonyl (C=O) groups excluding carboxylic acids is 1. The van der Waals surface area contributed by atoms with Gasteiger partial charge in [-0.15, -0.1) is 0 Å². The lowest BCUT2D eigenvalue weighted by Gasteiger charge is -2.09. The molecule has 0 atom stereocenters. The van der Waals surface area contributed by atoms with Gasteiger partial charge in [-0.1, -0.05) is 11.6 Å². The quantitative estimate of drug-likeness (QED) is 0.900. The molecule has 0 saturated carbocycles. The predicted molar refractivity (Wildman–Crippen MR) is 67.6 cm³/mol. The van der Waals surface area contributed by atoms with Gasteiger partial charge in [0.05, 0.1) is 25.5 Å². The number of amides is 1. The van der Waals surface area contributed by atoms with E-state index in [0.717, 1.165) is 11.3 Å². The molecular formula is C14H15NO3. The number of ether oxygens (including phenoxy) is 1. The molecule has 0 aliphatic carbocycles. The Kier molecular flexibility index (Phi) is 3.67. The van der Waals surface area contributed by atoms with Crippen molar-refractivity contribution >= 4 is 5.91 Å². The number of aryl methyl sites for hydroxylation is 1. The first-order chi connectivity index (χ1) is 8.70. The van der Waals surface area contributed by atoms with Crippen LogP contribution in [-0.2, 0) is 6.54 Å². The minimum atomic E-state index is -0.174. The van der Waals surface area contributed by atoms with Gasteiger partial charge in [0.15, 0.2) is 0 Å². The average molecular weight is 245 g/mol. The van der Waals surface area contributed by atoms with Gasteiger partial charge in [-0.2, -0.15) is 0 Å². The first-order valence-electron chi connectivity index (χ1n) is 5.66. The van der Waals surface area contributed by atoms with Crippen molar-refractivity contribution in [1.82, 2.24) is 5.32 Å². The summed E-state index contributed by atoms with van der Waals surface area (Å²) >= 11 is 0. The second-order valence-electron chi connectivity index (χ2n) is 3.97. The molecule has 1 aromatic carbocycles. The molecule has 4 heteroatoms. The fourth-order valence-electron chi connectivity index (χ4n) is 1.68. The smallest absolute Gasteiger partial charge is 0.255 e. The number of furan rings is 1. The molecular weight excluding hydrogens is 230 g/mol. The Balaban J connectivity index is 2.10. The third kappa shape index (κ3) is 2.71. The summed E-state index contributed by atoms with van der Waals surface area (Å²) in [5.74, 6) is 1.11. The van der Waals surface area contributed by atoms with E-state index in [1.165, 1.54) is 0 Å². The van der Waals surface area contributed by atoms with Gasteiger partial charge in [0.2, 0.25) is 0 Å². The second kappa shape index (κ2) is 5.40. The van der Waals surface area contributed by atoms with Crippen molar-refractivity contribution < 1.29 is 13.9 Å². The Hall–Kier alpha value is -2.23. The van der Waals surface area contributed by atoms with Crippen LogP contribution in [-0.4, -0.2) is 13.0 Å². The van der Waals surface area contributed by atoms with Crippen LogP contribution in [0.25, 0.3) is 0 Å². The van der Waals surface area contributed by atoms with E-state index in [9.17, 15) is 4.79 Å². The van der Waals surface area contributed by atoms with E-state index in [0.29, 0.717) is 17.9 Å². The summed E-state index contributed by atoms with van der Waals surface area (Å²) < 4.78 is 10.3. The predicted octanol–water partition coefficient (Wildman–Crippen LogP) is 2.53. The van der Waals surface area contributed by atoms with Crippen LogP contribution < -0.4 is 10.1 Å². The summed E-state index contributed by atoms with van der Waals surface area (Å²) in [6.07, 6.45) is 1.58. The first-order valence-corrected chi connectivity index (χ1v) is 5.66. The van der Waals surface area contributed by atoms with Crippen molar-refractivity contribution in [1.29, 1.82) is 0 Å². The first kappa shape index (κ1) is 12.2. The number of benzene rings is 1. The molecule has 2 aromatic rings. The molecule has 0 spiro atoms. The van der Waals surface area contributed by atoms with E-state index in [1.807, 2.05) is 19.1 Å². The number of methoxy groups -OCH3 is 1. The summed E-state index contributed by atoms with van der Waals surface area (Å²) in [6.45, 7) is 2.30. The molecule has 0 fully saturated rings. The Labute approximate surface area is 106 Å². The van der Waals surface area contributed by atoms with E-state index in [2.05, 4.69) is 5.32 Å². The van der Waals surface area contributed by atoms with Crippen molar-refractivity contribution in [2.45, 2.75) is 13.5 Å². The number of rotatable bonds is 4. The highest BCUT2D eigenvalue weighted by atomic mass is 16.5. The lowest BCUT2D eigenvalue weighted by Crippen LogP contribution is -2.23. The van der Waals surface area contributed by atoms with Crippen LogP contribution in [0.1, 0.15) is 21.7 Å². The second-order valence-corrected chi connectivity index (χ2v) is 3.97. The standard InChI is InChI=1S/C14H15NO3/c1-10-5-6-13(17-2)12(8-10)14(16)15-9-11-4-3-7-18-11/h3-8H,9H2,1-2H3,(H,15,16). The molecule has 0 aliphatic heterocycles. The lowest BCUT2D eigenvalue weighted by molar-refractivity contribution is 0.0945. The largest absolute Gasteiger partial charge is 0.496 e. The van der Waals surface area contributed by atoms with Crippen LogP contribution >= 0.6 is 0 Å². The van der Waals surface area contributed by atoms with Gasteiger partial charge in [-0.3, -0.25) is 4.79 Å². The highest BCUT2D eigenvalue weighted by molar-refractivity contribution is 5.97. The van der Waals surface area contributed by atoms with Gasteiger partial charge >= 0.3 is 0 Å². The molecule has 94 valence electrons. The van der Waals surface area contributed by atoms with Crippen molar-refractivity contribution in [3.05, 3.63) is 53.5 Å². The highest BCUT2D eigenvalue weighted by Gasteiger charge is 2.12. The highest BCUT2D eigenvalue weighted by Crippen LogP contribution is 2.19. The number of nitrogens with one attached hydrogen (secondary N) is 1. The van der Waals surface area contributed by atoms with Gasteiger partial charge in [0.25, 0.3) is 5.91 Å². The SMILES string of the molecule is COc1ccc(C)cc1C(=O)NCc1ccco1. The van der Waals surface area contributed by atoms with Gasteiger partial charge in [0.1, 0.15) is 11.5 Å². The third-order valence-electron chi connectivity index (χ3n) is 2.60. The molecule has 0 bridgehead atoms. The number of carbonyl (C=O) groups is 1. The summed E-state index contributed by atoms with van der Waals surface area (Å²) in [5, 5.41) is 2.79. The Morgan fingerprint density at radius 3 is 2.89 bits per heavy atom. The zero-order chi connectivity index (χ0) is 13.0. The number of hydrogen-bond donors (Lipinski definition) is 1. The minimum absolute atomic E-state index is 0.174. The van der Waals surface area contributed by atoms with Gasteiger partial charge < -0.3 is 14.5 Å². The topological polar surface area (TPSA) is 51.5 Å². The average Bonchev–Trinajstić information content (AvgIpc) is 2.89. The van der Waals surface area contributed by atoms with E-state index in [-0.39, 0.29) is 5.91 Å². The Bertz CT molecular complexity index is 532. The van der Waals surface area contributed by atoms with Crippen LogP contribution in [0.2, 0.25) is 0 Å². The Morgan fingerprint density at radius 2 is 2.22 bits per heavy atom. The van der Waals surface area contributed by atoms with E-state index < -0.39 is 0 Å². The van der Waals surface area contributed by atoms with Crippen LogP contribution in [0.15, 0.2) is 41.0 Å². The molecule has 0 aliphatic rings. The normalized spacial score (nSPS) is 10.1. The molecule has 1 N–H and O–H groups in total. The van der Waals surface area contributed by atoms with E-state index >= 15 is 0 Å². The molecule has 1 amide bonds. The summed E-state index contributed by atoms with van der Waals surface area (Å²) in [5.41, 5.74) is 1.54. The fraction of sp³-hybridized carbons (Fsp3) is 0.214. The minimum Gasteiger partial charge on any atom is -0.496 e. The summed E-state index contributed by atoms with van der Waals surface area (Å²) in [4.78, 5) is 12.0. The van der Waals surface area contributed by atoms with Crippen molar-refractivity contribution in [3.8, 4) is 5.75 Å². The van der Waals surface area contributed by atoms with Gasteiger partial charge in [-0.05, 0) is 31.2 Å². The van der Waals surface area contributed by atoms with Gasteiger partial charge in [0, 0.05) is 0 Å². The third-order valence-corrected chi connectivity index (χ3v) is 2.60. The lowest BCUT2D eigenvalue weighted by atomic mass is 10.1. The Morgan fingerprint density at radius 1 is 1.39 bits per heavy atom. The zero-order valence-electron chi connectivity index (χ0n) is 10.4. The molecule has 1 aromatic heterocycles. The molecule has 2 rings (SSSR count). The maximum atomic E-state index is 12.0. The maximum absolute atomic E-state index is 12.0. The van der Waals surface area contributed by atoms with Crippen molar-refractivity contribution in [2.24, 2.45) is 0 Å². The number of hydrogen-bond acceptors (Lipinski definition) is 3. The summed E-state index contributed by atoms with van der Waals surface area (Å²) in [7, 11) is 1.55. The zero-order valence-corrected chi connectivity index (χ0v) is 10.4.